The summed E-state index contributed by atoms with van der Waals surface area (Å²) in [6.45, 7) is 7.03. The van der Waals surface area contributed by atoms with E-state index in [2.05, 4.69) is 44.1 Å². The Morgan fingerprint density at radius 1 is 0.732 bits per heavy atom. The minimum absolute atomic E-state index is 0. The number of aromatic nitrogens is 3. The Morgan fingerprint density at radius 3 is 1.41 bits per heavy atom. The first-order chi connectivity index (χ1) is 18.4. The molecule has 0 atom stereocenters. The summed E-state index contributed by atoms with van der Waals surface area (Å²) >= 11 is 0. The molecule has 41 heavy (non-hydrogen) atoms. The molecule has 0 bridgehead atoms. The fraction of sp³-hybridized carbons (Fsp3) is 0.250. The van der Waals surface area contributed by atoms with Crippen LogP contribution >= 0.6 is 0 Å². The number of pyridine rings is 3. The van der Waals surface area contributed by atoms with Crippen molar-refractivity contribution in [3.05, 3.63) is 102 Å². The molecule has 3 heterocycles. The molecule has 0 aliphatic heterocycles. The number of hydrogen-bond donors (Lipinski definition) is 0. The van der Waals surface area contributed by atoms with Gasteiger partial charge in [-0.15, -0.1) is 26.2 Å². The first-order valence-corrected chi connectivity index (χ1v) is 13.4. The zero-order valence-electron chi connectivity index (χ0n) is 22.0. The second-order valence-electron chi connectivity index (χ2n) is 7.68. The van der Waals surface area contributed by atoms with Gasteiger partial charge in [0.05, 0.1) is 17.1 Å². The van der Waals surface area contributed by atoms with E-state index in [-0.39, 0.29) is 28.6 Å². The fourth-order valence-corrected chi connectivity index (χ4v) is 2.81. The Morgan fingerprint density at radius 2 is 1.12 bits per heavy atom. The van der Waals surface area contributed by atoms with Crippen molar-refractivity contribution in [1.82, 2.24) is 19.9 Å². The maximum atomic E-state index is 9.98. The van der Waals surface area contributed by atoms with Gasteiger partial charge < -0.3 is 5.11 Å². The van der Waals surface area contributed by atoms with Crippen molar-refractivity contribution in [3.8, 4) is 0 Å². The SMILES string of the molecule is CC(=O)/C=C(/C)[O-].Cc1cccc(CN(Cc2ccccn2)Cc2ccccn2)n1.[Fe+4].[O-][Cl+3]([O-])([O-])[O-].[O-][Cl+3]([O-])([O-])[O-]. The van der Waals surface area contributed by atoms with Gasteiger partial charge in [-0.05, 0) is 56.3 Å². The molecule has 0 saturated heterocycles. The number of ketones is 1. The van der Waals surface area contributed by atoms with Gasteiger partial charge in [0.1, 0.15) is 0 Å². The molecule has 224 valence electrons. The second-order valence-corrected chi connectivity index (χ2v) is 9.19. The van der Waals surface area contributed by atoms with Gasteiger partial charge in [-0.3, -0.25) is 24.6 Å². The number of hydrogen-bond acceptors (Lipinski definition) is 14. The van der Waals surface area contributed by atoms with Crippen LogP contribution in [0.1, 0.15) is 36.6 Å². The molecule has 3 rings (SSSR count). The van der Waals surface area contributed by atoms with Gasteiger partial charge in [-0.2, -0.15) is 0 Å². The third kappa shape index (κ3) is 30.2. The summed E-state index contributed by atoms with van der Waals surface area (Å²) < 4.78 is 67.9. The van der Waals surface area contributed by atoms with E-state index in [0.29, 0.717) is 0 Å². The molecule has 0 saturated carbocycles. The molecule has 0 aliphatic rings. The molecule has 0 N–H and O–H groups in total. The van der Waals surface area contributed by atoms with Crippen LogP contribution in [0.15, 0.2) is 78.8 Å². The van der Waals surface area contributed by atoms with Crippen molar-refractivity contribution >= 4 is 5.78 Å². The number of carbonyl (C=O) groups excluding carboxylic acids is 1. The third-order valence-electron chi connectivity index (χ3n) is 3.96. The molecule has 0 radical (unpaired) electrons. The molecular formula is C24H27Cl2FeN4O10+. The van der Waals surface area contributed by atoms with Crippen molar-refractivity contribution < 1.29 is 84.7 Å². The van der Waals surface area contributed by atoms with Gasteiger partial charge in [0.2, 0.25) is 0 Å². The Balaban J connectivity index is 0. The standard InChI is InChI=1S/C19H20N4.C5H8O2.2ClHO4.Fe/c1-16-7-6-10-19(22-16)15-23(13-17-8-2-4-11-20-17)14-18-9-3-5-12-21-18;1-4(6)3-5(2)7;2*2-1(3,4)5;/h2-12H,13-15H2,1H3;3,6H,1-2H3;2*(H,2,3,4,5);/q;;;;+4/p-3/b;4-3-;;;. The summed E-state index contributed by atoms with van der Waals surface area (Å²) in [4.78, 5) is 25.8. The summed E-state index contributed by atoms with van der Waals surface area (Å²) in [6, 6.07) is 18.2. The molecule has 0 amide bonds. The third-order valence-corrected chi connectivity index (χ3v) is 3.96. The summed E-state index contributed by atoms with van der Waals surface area (Å²) in [5.41, 5.74) is 4.21. The Labute approximate surface area is 251 Å². The quantitative estimate of drug-likeness (QED) is 0.130. The minimum Gasteiger partial charge on any atom is -0.876 e. The van der Waals surface area contributed by atoms with Crippen LogP contribution in [-0.4, -0.2) is 25.6 Å². The predicted molar refractivity (Wildman–Crippen MR) is 115 cm³/mol. The largest absolute Gasteiger partial charge is 4.00 e. The van der Waals surface area contributed by atoms with Crippen LogP contribution in [0.25, 0.3) is 0 Å². The Kier molecular flexibility index (Phi) is 20.9. The Hall–Kier alpha value is -2.60. The smallest absolute Gasteiger partial charge is 0.876 e. The van der Waals surface area contributed by atoms with Gasteiger partial charge in [0.25, 0.3) is 0 Å². The topological polar surface area (TPSA) is 267 Å². The number of halogens is 2. The van der Waals surface area contributed by atoms with E-state index in [9.17, 15) is 9.90 Å². The van der Waals surface area contributed by atoms with E-state index in [0.717, 1.165) is 48.5 Å². The molecule has 0 aromatic carbocycles. The van der Waals surface area contributed by atoms with Crippen LogP contribution in [0.4, 0.5) is 0 Å². The van der Waals surface area contributed by atoms with Gasteiger partial charge in [0.15, 0.2) is 5.78 Å². The Bertz CT molecular complexity index is 1080. The predicted octanol–water partition coefficient (Wildman–Crippen LogP) is -6.29. The van der Waals surface area contributed by atoms with Crippen LogP contribution < -0.4 is 42.4 Å². The minimum atomic E-state index is -4.94. The average molecular weight is 658 g/mol. The van der Waals surface area contributed by atoms with Crippen LogP contribution in [0.2, 0.25) is 0 Å². The van der Waals surface area contributed by atoms with Crippen LogP contribution in [-0.2, 0) is 41.5 Å². The summed E-state index contributed by atoms with van der Waals surface area (Å²) in [7, 11) is -9.89. The molecule has 17 heteroatoms. The molecule has 14 nitrogen and oxygen atoms in total. The zero-order valence-corrected chi connectivity index (χ0v) is 24.6. The average Bonchev–Trinajstić information content (AvgIpc) is 2.78. The molecule has 0 spiro atoms. The van der Waals surface area contributed by atoms with Crippen LogP contribution in [0.5, 0.6) is 0 Å². The molecule has 3 aromatic heterocycles. The fourth-order valence-electron chi connectivity index (χ4n) is 2.81. The first kappa shape index (κ1) is 40.5. The van der Waals surface area contributed by atoms with Crippen LogP contribution in [0.3, 0.4) is 0 Å². The molecular weight excluding hydrogens is 631 g/mol. The van der Waals surface area contributed by atoms with Crippen molar-refractivity contribution in [2.45, 2.75) is 40.4 Å². The normalized spacial score (nSPS) is 11.0. The monoisotopic (exact) mass is 657 g/mol. The zero-order chi connectivity index (χ0) is 30.8. The van der Waals surface area contributed by atoms with E-state index < -0.39 is 20.5 Å². The van der Waals surface area contributed by atoms with Gasteiger partial charge in [-0.1, -0.05) is 25.1 Å². The van der Waals surface area contributed by atoms with Crippen LogP contribution in [0, 0.1) is 27.4 Å². The van der Waals surface area contributed by atoms with E-state index in [1.165, 1.54) is 13.8 Å². The van der Waals surface area contributed by atoms with E-state index in [1.54, 1.807) is 0 Å². The van der Waals surface area contributed by atoms with Crippen molar-refractivity contribution in [1.29, 1.82) is 0 Å². The molecule has 0 unspecified atom stereocenters. The molecule has 3 aromatic rings. The maximum absolute atomic E-state index is 9.98. The van der Waals surface area contributed by atoms with E-state index in [4.69, 9.17) is 37.3 Å². The van der Waals surface area contributed by atoms with Gasteiger partial charge in [-0.25, -0.2) is 37.3 Å². The van der Waals surface area contributed by atoms with Crippen molar-refractivity contribution in [3.63, 3.8) is 0 Å². The van der Waals surface area contributed by atoms with Crippen molar-refractivity contribution in [2.75, 3.05) is 0 Å². The first-order valence-electron chi connectivity index (χ1n) is 11.0. The number of aryl methyl sites for hydroxylation is 1. The number of rotatable bonds is 7. The number of allylic oxidation sites excluding steroid dienone is 2. The number of nitrogens with zero attached hydrogens (tertiary/aromatic N) is 4. The summed E-state index contributed by atoms with van der Waals surface area (Å²) in [5.74, 6) is -0.375. The second kappa shape index (κ2) is 21.2. The summed E-state index contributed by atoms with van der Waals surface area (Å²) in [6.07, 6.45) is 4.72. The van der Waals surface area contributed by atoms with Gasteiger partial charge >= 0.3 is 17.1 Å². The van der Waals surface area contributed by atoms with E-state index in [1.807, 2.05) is 49.6 Å². The van der Waals surface area contributed by atoms with E-state index >= 15 is 0 Å². The molecule has 0 aliphatic carbocycles. The maximum Gasteiger partial charge on any atom is 4.00 e. The van der Waals surface area contributed by atoms with Crippen molar-refractivity contribution in [2.24, 2.45) is 0 Å². The molecule has 0 fully saturated rings. The number of carbonyl (C=O) groups is 1. The summed E-state index contributed by atoms with van der Waals surface area (Å²) in [5, 5.41) is 9.98. The van der Waals surface area contributed by atoms with Gasteiger partial charge in [0, 0.05) is 37.7 Å².